The van der Waals surface area contributed by atoms with Gasteiger partial charge in [-0.25, -0.2) is 4.79 Å². The van der Waals surface area contributed by atoms with Crippen LogP contribution in [-0.4, -0.2) is 15.5 Å². The number of nitrogens with zero attached hydrogens (tertiary/aromatic N) is 2. The molecule has 5 rings (SSSR count). The zero-order valence-corrected chi connectivity index (χ0v) is 17.9. The van der Waals surface area contributed by atoms with Crippen molar-refractivity contribution >= 4 is 17.4 Å². The maximum absolute atomic E-state index is 13.2. The van der Waals surface area contributed by atoms with Crippen molar-refractivity contribution in [1.82, 2.24) is 14.8 Å². The normalized spacial score (nSPS) is 17.9. The Morgan fingerprint density at radius 2 is 1.93 bits per heavy atom. The molecule has 2 amide bonds. The van der Waals surface area contributed by atoms with Gasteiger partial charge in [-0.1, -0.05) is 29.8 Å². The Hall–Kier alpha value is -2.53. The molecule has 1 N–H and O–H groups in total. The molecular formula is C24H27N3OS. The second-order valence-corrected chi connectivity index (χ2v) is 9.33. The fourth-order valence-electron chi connectivity index (χ4n) is 4.59. The number of hydrogen-bond donors (Lipinski definition) is 1. The first-order valence-electron chi connectivity index (χ1n) is 10.5. The summed E-state index contributed by atoms with van der Waals surface area (Å²) in [6.07, 6.45) is 7.01. The monoisotopic (exact) mass is 405 g/mol. The number of aryl methyl sites for hydroxylation is 2. The number of thiophene rings is 1. The van der Waals surface area contributed by atoms with Crippen molar-refractivity contribution in [2.24, 2.45) is 0 Å². The Labute approximate surface area is 176 Å². The number of fused-ring (bicyclic) bond motifs is 5. The highest BCUT2D eigenvalue weighted by Gasteiger charge is 2.32. The highest BCUT2D eigenvalue weighted by atomic mass is 32.1. The van der Waals surface area contributed by atoms with Gasteiger partial charge in [-0.2, -0.15) is 0 Å². The van der Waals surface area contributed by atoms with E-state index in [1.807, 2.05) is 16.2 Å². The first-order chi connectivity index (χ1) is 14.1. The Morgan fingerprint density at radius 1 is 1.14 bits per heavy atom. The van der Waals surface area contributed by atoms with Crippen molar-refractivity contribution in [3.05, 3.63) is 75.4 Å². The molecule has 0 fully saturated rings. The molecule has 0 spiro atoms. The van der Waals surface area contributed by atoms with Crippen molar-refractivity contribution in [3.63, 3.8) is 0 Å². The molecule has 0 radical (unpaired) electrons. The zero-order chi connectivity index (χ0) is 20.0. The molecule has 0 saturated carbocycles. The van der Waals surface area contributed by atoms with Gasteiger partial charge in [-0.15, -0.1) is 11.3 Å². The van der Waals surface area contributed by atoms with Gasteiger partial charge < -0.3 is 14.8 Å². The smallest absolute Gasteiger partial charge is 0.318 e. The standard InChI is InChI=1S/C24H27N3OS/c1-16-9-11-18(12-10-16)14-25-24(28)27-15-20-19-6-3-4-8-22(19)29-23(20)26-13-5-7-21(26)17(27)2/h5,7,9-13,17H,3-4,6,8,14-15H2,1-2H3,(H,25,28). The molecule has 2 aromatic heterocycles. The fraction of sp³-hybridized carbons (Fsp3) is 0.375. The van der Waals surface area contributed by atoms with Gasteiger partial charge >= 0.3 is 6.03 Å². The number of nitrogens with one attached hydrogen (secondary N) is 1. The van der Waals surface area contributed by atoms with E-state index in [9.17, 15) is 4.79 Å². The minimum absolute atomic E-state index is 0.00874. The molecule has 0 saturated heterocycles. The lowest BCUT2D eigenvalue weighted by Crippen LogP contribution is -2.40. The number of aromatic nitrogens is 1. The molecule has 1 aromatic carbocycles. The lowest BCUT2D eigenvalue weighted by Gasteiger charge is -2.28. The van der Waals surface area contributed by atoms with Crippen molar-refractivity contribution in [3.8, 4) is 5.00 Å². The molecule has 2 aliphatic rings. The van der Waals surface area contributed by atoms with Gasteiger partial charge in [-0.3, -0.25) is 0 Å². The van der Waals surface area contributed by atoms with Crippen LogP contribution in [0.3, 0.4) is 0 Å². The van der Waals surface area contributed by atoms with E-state index in [2.05, 4.69) is 66.3 Å². The van der Waals surface area contributed by atoms with Crippen LogP contribution in [0.5, 0.6) is 0 Å². The van der Waals surface area contributed by atoms with E-state index in [1.165, 1.54) is 51.5 Å². The molecule has 150 valence electrons. The van der Waals surface area contributed by atoms with E-state index in [0.717, 1.165) is 12.0 Å². The third-order valence-electron chi connectivity index (χ3n) is 6.31. The summed E-state index contributed by atoms with van der Waals surface area (Å²) in [5, 5.41) is 4.47. The molecule has 5 heteroatoms. The van der Waals surface area contributed by atoms with Crippen LogP contribution < -0.4 is 5.32 Å². The van der Waals surface area contributed by atoms with E-state index >= 15 is 0 Å². The van der Waals surface area contributed by atoms with Gasteiger partial charge in [0.2, 0.25) is 0 Å². The van der Waals surface area contributed by atoms with E-state index in [4.69, 9.17) is 0 Å². The quantitative estimate of drug-likeness (QED) is 0.599. The number of urea groups is 1. The van der Waals surface area contributed by atoms with Gasteiger partial charge in [0.25, 0.3) is 0 Å². The van der Waals surface area contributed by atoms with E-state index in [-0.39, 0.29) is 12.1 Å². The van der Waals surface area contributed by atoms with Crippen LogP contribution in [-0.2, 0) is 25.9 Å². The molecule has 3 aromatic rings. The first kappa shape index (κ1) is 18.5. The Bertz CT molecular complexity index is 1050. The largest absolute Gasteiger partial charge is 0.334 e. The van der Waals surface area contributed by atoms with Crippen LogP contribution in [0.1, 0.15) is 58.6 Å². The molecule has 3 heterocycles. The van der Waals surface area contributed by atoms with E-state index in [1.54, 1.807) is 0 Å². The van der Waals surface area contributed by atoms with Gasteiger partial charge in [-0.05, 0) is 62.8 Å². The van der Waals surface area contributed by atoms with E-state index in [0.29, 0.717) is 13.1 Å². The van der Waals surface area contributed by atoms with Crippen LogP contribution in [0.15, 0.2) is 42.6 Å². The third kappa shape index (κ3) is 3.27. The van der Waals surface area contributed by atoms with Crippen molar-refractivity contribution in [2.75, 3.05) is 0 Å². The maximum atomic E-state index is 13.2. The average molecular weight is 406 g/mol. The molecule has 1 aliphatic carbocycles. The lowest BCUT2D eigenvalue weighted by atomic mass is 9.95. The predicted octanol–water partition coefficient (Wildman–Crippen LogP) is 5.51. The topological polar surface area (TPSA) is 37.3 Å². The predicted molar refractivity (Wildman–Crippen MR) is 118 cm³/mol. The lowest BCUT2D eigenvalue weighted by molar-refractivity contribution is 0.174. The Morgan fingerprint density at radius 3 is 2.76 bits per heavy atom. The van der Waals surface area contributed by atoms with Crippen LogP contribution in [0, 0.1) is 6.92 Å². The van der Waals surface area contributed by atoms with Crippen LogP contribution in [0.4, 0.5) is 4.79 Å². The Balaban J connectivity index is 1.45. The van der Waals surface area contributed by atoms with Gasteiger partial charge in [0.05, 0.1) is 12.6 Å². The number of rotatable bonds is 2. The molecule has 29 heavy (non-hydrogen) atoms. The number of hydrogen-bond acceptors (Lipinski definition) is 2. The molecule has 1 unspecified atom stereocenters. The van der Waals surface area contributed by atoms with Crippen molar-refractivity contribution < 1.29 is 4.79 Å². The fourth-order valence-corrected chi connectivity index (χ4v) is 6.00. The highest BCUT2D eigenvalue weighted by molar-refractivity contribution is 7.15. The van der Waals surface area contributed by atoms with Gasteiger partial charge in [0, 0.05) is 28.9 Å². The summed E-state index contributed by atoms with van der Waals surface area (Å²) in [6.45, 7) is 5.46. The summed E-state index contributed by atoms with van der Waals surface area (Å²) in [7, 11) is 0. The van der Waals surface area contributed by atoms with Gasteiger partial charge in [0.15, 0.2) is 0 Å². The summed E-state index contributed by atoms with van der Waals surface area (Å²) >= 11 is 1.93. The number of carbonyl (C=O) groups excluding carboxylic acids is 1. The van der Waals surface area contributed by atoms with Crippen molar-refractivity contribution in [2.45, 2.75) is 58.7 Å². The average Bonchev–Trinajstić information content (AvgIpc) is 3.33. The number of benzene rings is 1. The van der Waals surface area contributed by atoms with Crippen molar-refractivity contribution in [1.29, 1.82) is 0 Å². The number of amides is 2. The minimum atomic E-state index is 0.00874. The van der Waals surface area contributed by atoms with Crippen LogP contribution in [0.2, 0.25) is 0 Å². The van der Waals surface area contributed by atoms with Gasteiger partial charge in [0.1, 0.15) is 5.00 Å². The molecule has 1 atom stereocenters. The molecule has 1 aliphatic heterocycles. The molecular weight excluding hydrogens is 378 g/mol. The summed E-state index contributed by atoms with van der Waals surface area (Å²) in [4.78, 5) is 16.8. The summed E-state index contributed by atoms with van der Waals surface area (Å²) < 4.78 is 2.32. The molecule has 4 nitrogen and oxygen atoms in total. The SMILES string of the molecule is Cc1ccc(CNC(=O)N2Cc3c(sc4c3CCCC4)-n3cccc3C2C)cc1. The third-order valence-corrected chi connectivity index (χ3v) is 7.64. The highest BCUT2D eigenvalue weighted by Crippen LogP contribution is 2.42. The summed E-state index contributed by atoms with van der Waals surface area (Å²) in [6, 6.07) is 12.6. The minimum Gasteiger partial charge on any atom is -0.334 e. The number of carbonyl (C=O) groups is 1. The first-order valence-corrected chi connectivity index (χ1v) is 11.3. The summed E-state index contributed by atoms with van der Waals surface area (Å²) in [5.74, 6) is 0. The summed E-state index contributed by atoms with van der Waals surface area (Å²) in [5.41, 5.74) is 6.41. The van der Waals surface area contributed by atoms with E-state index < -0.39 is 0 Å². The zero-order valence-electron chi connectivity index (χ0n) is 17.1. The van der Waals surface area contributed by atoms with Crippen LogP contribution >= 0.6 is 11.3 Å². The maximum Gasteiger partial charge on any atom is 0.318 e. The second kappa shape index (κ2) is 7.38. The molecule has 0 bridgehead atoms. The second-order valence-electron chi connectivity index (χ2n) is 8.25. The Kier molecular flexibility index (Phi) is 4.70. The van der Waals surface area contributed by atoms with Crippen LogP contribution in [0.25, 0.3) is 5.00 Å².